The number of likely N-dealkylation sites (N-methyl/N-ethyl adjacent to an activating group) is 1. The van der Waals surface area contributed by atoms with Crippen molar-refractivity contribution in [1.29, 1.82) is 0 Å². The first kappa shape index (κ1) is 13.7. The molecule has 2 bridgehead atoms. The standard InChI is InChI=1S/C18H25NO/c1-5-9-19(4)10-8-18(3)13(2)17(19)11-14-6-7-15(20)12-16(14)18/h5-7,12-13,17H,1,8-11H2,2-4H3/p+1/t13-,17+,18+,19?/m0/s1. The molecule has 1 N–H and O–H groups in total. The Morgan fingerprint density at radius 1 is 1.50 bits per heavy atom. The maximum absolute atomic E-state index is 9.86. The molecule has 0 saturated carbocycles. The smallest absolute Gasteiger partial charge is 0.115 e. The van der Waals surface area contributed by atoms with Crippen molar-refractivity contribution in [3.63, 3.8) is 0 Å². The molecule has 1 aromatic rings. The van der Waals surface area contributed by atoms with Crippen molar-refractivity contribution in [2.24, 2.45) is 5.92 Å². The number of hydrogen-bond donors (Lipinski definition) is 1. The zero-order chi connectivity index (χ0) is 14.5. The number of nitrogens with zero attached hydrogens (tertiary/aromatic N) is 1. The number of aromatic hydroxyl groups is 1. The van der Waals surface area contributed by atoms with Gasteiger partial charge in [-0.15, -0.1) is 0 Å². The second-order valence-corrected chi connectivity index (χ2v) is 7.24. The molecule has 2 heteroatoms. The van der Waals surface area contributed by atoms with E-state index in [0.717, 1.165) is 17.4 Å². The number of phenols is 1. The Balaban J connectivity index is 2.10. The van der Waals surface area contributed by atoms with Gasteiger partial charge in [-0.1, -0.05) is 26.5 Å². The van der Waals surface area contributed by atoms with Crippen molar-refractivity contribution in [1.82, 2.24) is 0 Å². The van der Waals surface area contributed by atoms with Gasteiger partial charge in [0, 0.05) is 24.2 Å². The Kier molecular flexibility index (Phi) is 2.98. The van der Waals surface area contributed by atoms with Gasteiger partial charge in [0.15, 0.2) is 0 Å². The predicted octanol–water partition coefficient (Wildman–Crippen LogP) is 3.25. The van der Waals surface area contributed by atoms with E-state index in [9.17, 15) is 5.11 Å². The quantitative estimate of drug-likeness (QED) is 0.647. The van der Waals surface area contributed by atoms with Crippen LogP contribution in [0, 0.1) is 5.92 Å². The average molecular weight is 272 g/mol. The third-order valence-electron chi connectivity index (χ3n) is 6.21. The zero-order valence-corrected chi connectivity index (χ0v) is 12.9. The lowest BCUT2D eigenvalue weighted by atomic mass is 9.58. The number of quaternary nitrogens is 1. The van der Waals surface area contributed by atoms with Crippen molar-refractivity contribution in [3.8, 4) is 5.75 Å². The molecule has 0 amide bonds. The largest absolute Gasteiger partial charge is 0.508 e. The minimum Gasteiger partial charge on any atom is -0.508 e. The summed E-state index contributed by atoms with van der Waals surface area (Å²) in [6, 6.07) is 6.63. The third kappa shape index (κ3) is 1.74. The number of fused-ring (bicyclic) bond motifs is 4. The van der Waals surface area contributed by atoms with Gasteiger partial charge in [-0.05, 0) is 29.3 Å². The molecule has 2 nitrogen and oxygen atoms in total. The fraction of sp³-hybridized carbons (Fsp3) is 0.556. The van der Waals surface area contributed by atoms with Crippen molar-refractivity contribution < 1.29 is 9.59 Å². The first-order valence-electron chi connectivity index (χ1n) is 7.68. The van der Waals surface area contributed by atoms with Gasteiger partial charge < -0.3 is 9.59 Å². The third-order valence-corrected chi connectivity index (χ3v) is 6.21. The van der Waals surface area contributed by atoms with Crippen LogP contribution in [0.15, 0.2) is 30.9 Å². The van der Waals surface area contributed by atoms with Crippen molar-refractivity contribution in [2.45, 2.75) is 38.1 Å². The summed E-state index contributed by atoms with van der Waals surface area (Å²) >= 11 is 0. The highest BCUT2D eigenvalue weighted by atomic mass is 16.3. The second kappa shape index (κ2) is 4.36. The molecule has 0 spiro atoms. The summed E-state index contributed by atoms with van der Waals surface area (Å²) < 4.78 is 1.11. The molecule has 0 radical (unpaired) electrons. The maximum atomic E-state index is 9.86. The van der Waals surface area contributed by atoms with E-state index >= 15 is 0 Å². The molecule has 4 atom stereocenters. The van der Waals surface area contributed by atoms with Crippen LogP contribution in [0.1, 0.15) is 31.4 Å². The molecule has 1 saturated heterocycles. The summed E-state index contributed by atoms with van der Waals surface area (Å²) in [7, 11) is 2.38. The van der Waals surface area contributed by atoms with Gasteiger partial charge in [0.05, 0.1) is 26.2 Å². The minimum absolute atomic E-state index is 0.204. The van der Waals surface area contributed by atoms with Gasteiger partial charge in [-0.2, -0.15) is 0 Å². The van der Waals surface area contributed by atoms with Crippen LogP contribution in [0.3, 0.4) is 0 Å². The summed E-state index contributed by atoms with van der Waals surface area (Å²) in [5.74, 6) is 1.04. The molecular formula is C18H26NO+. The van der Waals surface area contributed by atoms with Crippen LogP contribution < -0.4 is 0 Å². The van der Waals surface area contributed by atoms with E-state index in [1.165, 1.54) is 24.1 Å². The maximum Gasteiger partial charge on any atom is 0.115 e. The van der Waals surface area contributed by atoms with Crippen LogP contribution in [-0.2, 0) is 11.8 Å². The van der Waals surface area contributed by atoms with Gasteiger partial charge >= 0.3 is 0 Å². The average Bonchev–Trinajstić information content (AvgIpc) is 2.40. The van der Waals surface area contributed by atoms with Gasteiger partial charge in [-0.25, -0.2) is 0 Å². The van der Waals surface area contributed by atoms with Crippen LogP contribution in [0.4, 0.5) is 0 Å². The Bertz CT molecular complexity index is 552. The van der Waals surface area contributed by atoms with Crippen LogP contribution in [-0.4, -0.2) is 35.8 Å². The number of rotatable bonds is 2. The monoisotopic (exact) mass is 272 g/mol. The molecule has 0 aromatic heterocycles. The SMILES string of the molecule is C=CC[N+]1(C)CC[C@@]2(C)c3cc(O)ccc3C[C@@H]1[C@@H]2C. The first-order chi connectivity index (χ1) is 9.40. The van der Waals surface area contributed by atoms with E-state index in [1.807, 2.05) is 12.1 Å². The Hall–Kier alpha value is -1.28. The molecule has 2 aliphatic rings. The fourth-order valence-corrected chi connectivity index (χ4v) is 4.64. The molecule has 20 heavy (non-hydrogen) atoms. The molecule has 1 aromatic carbocycles. The summed E-state index contributed by atoms with van der Waals surface area (Å²) in [4.78, 5) is 0. The first-order valence-corrected chi connectivity index (χ1v) is 7.68. The highest BCUT2D eigenvalue weighted by Crippen LogP contribution is 2.51. The molecular weight excluding hydrogens is 246 g/mol. The number of likely N-dealkylation sites (tertiary alicyclic amines) is 1. The molecule has 1 aliphatic heterocycles. The molecule has 3 rings (SSSR count). The number of piperidine rings is 1. The molecule has 1 aliphatic carbocycles. The van der Waals surface area contributed by atoms with Crippen LogP contribution in [0.5, 0.6) is 5.75 Å². The van der Waals surface area contributed by atoms with Gasteiger partial charge in [0.2, 0.25) is 0 Å². The summed E-state index contributed by atoms with van der Waals surface area (Å²) in [6.45, 7) is 11.0. The van der Waals surface area contributed by atoms with E-state index in [1.54, 1.807) is 0 Å². The predicted molar refractivity (Wildman–Crippen MR) is 82.8 cm³/mol. The normalized spacial score (nSPS) is 39.1. The lowest BCUT2D eigenvalue weighted by Gasteiger charge is -2.57. The molecule has 108 valence electrons. The summed E-state index contributed by atoms with van der Waals surface area (Å²) in [5, 5.41) is 9.86. The second-order valence-electron chi connectivity index (χ2n) is 7.24. The Morgan fingerprint density at radius 3 is 2.95 bits per heavy atom. The van der Waals surface area contributed by atoms with Crippen LogP contribution >= 0.6 is 0 Å². The van der Waals surface area contributed by atoms with Crippen molar-refractivity contribution in [3.05, 3.63) is 42.0 Å². The number of hydrogen-bond acceptors (Lipinski definition) is 1. The van der Waals surface area contributed by atoms with E-state index in [-0.39, 0.29) is 5.41 Å². The molecule has 1 fully saturated rings. The van der Waals surface area contributed by atoms with E-state index in [2.05, 4.69) is 39.6 Å². The fourth-order valence-electron chi connectivity index (χ4n) is 4.64. The molecule has 1 heterocycles. The van der Waals surface area contributed by atoms with Gasteiger partial charge in [0.1, 0.15) is 5.75 Å². The van der Waals surface area contributed by atoms with Gasteiger partial charge in [-0.3, -0.25) is 0 Å². The van der Waals surface area contributed by atoms with Crippen LogP contribution in [0.25, 0.3) is 0 Å². The Labute approximate surface area is 122 Å². The van der Waals surface area contributed by atoms with E-state index in [0.29, 0.717) is 17.7 Å². The molecule has 1 unspecified atom stereocenters. The van der Waals surface area contributed by atoms with E-state index in [4.69, 9.17) is 0 Å². The highest BCUT2D eigenvalue weighted by Gasteiger charge is 2.54. The van der Waals surface area contributed by atoms with E-state index < -0.39 is 0 Å². The number of benzene rings is 1. The topological polar surface area (TPSA) is 20.2 Å². The lowest BCUT2D eigenvalue weighted by molar-refractivity contribution is -0.939. The highest BCUT2D eigenvalue weighted by molar-refractivity contribution is 5.43. The summed E-state index contributed by atoms with van der Waals surface area (Å²) in [6.07, 6.45) is 4.38. The lowest BCUT2D eigenvalue weighted by Crippen LogP contribution is -2.66. The van der Waals surface area contributed by atoms with Crippen molar-refractivity contribution >= 4 is 0 Å². The summed E-state index contributed by atoms with van der Waals surface area (Å²) in [5.41, 5.74) is 3.02. The Morgan fingerprint density at radius 2 is 2.25 bits per heavy atom. The zero-order valence-electron chi connectivity index (χ0n) is 12.9. The van der Waals surface area contributed by atoms with Crippen molar-refractivity contribution in [2.75, 3.05) is 20.1 Å². The van der Waals surface area contributed by atoms with Gasteiger partial charge in [0.25, 0.3) is 0 Å². The number of phenolic OH excluding ortho intramolecular Hbond substituents is 1. The van der Waals surface area contributed by atoms with Crippen LogP contribution in [0.2, 0.25) is 0 Å². The minimum atomic E-state index is 0.204.